The van der Waals surface area contributed by atoms with Gasteiger partial charge in [0.05, 0.1) is 55.6 Å². The number of likely N-dealkylation sites (tertiary alicyclic amines) is 1. The third kappa shape index (κ3) is 6.28. The highest BCUT2D eigenvalue weighted by Crippen LogP contribution is 2.74. The fraction of sp³-hybridized carbons (Fsp3) is 0.532. The number of methoxy groups -OCH3 is 2. The third-order valence-corrected chi connectivity index (χ3v) is 16.7. The van der Waals surface area contributed by atoms with Crippen LogP contribution in [0.2, 0.25) is 0 Å². The Balaban J connectivity index is 0.794. The number of aromatic nitrogens is 4. The molecule has 10 rings (SSSR count). The van der Waals surface area contributed by atoms with Crippen molar-refractivity contribution in [2.75, 3.05) is 14.2 Å². The van der Waals surface area contributed by atoms with Gasteiger partial charge in [0.1, 0.15) is 23.7 Å². The minimum atomic E-state index is -0.715. The molecule has 2 aromatic carbocycles. The Hall–Kier alpha value is -4.93. The van der Waals surface area contributed by atoms with Crippen LogP contribution in [0.4, 0.5) is 9.59 Å². The van der Waals surface area contributed by atoms with E-state index in [4.69, 9.17) is 19.4 Å². The van der Waals surface area contributed by atoms with Crippen LogP contribution < -0.4 is 10.6 Å². The maximum Gasteiger partial charge on any atom is 0.407 e. The fourth-order valence-electron chi connectivity index (χ4n) is 12.1. The first-order valence-electron chi connectivity index (χ1n) is 21.8. The Bertz CT molecular complexity index is 2470. The molecule has 1 spiro atoms. The van der Waals surface area contributed by atoms with Gasteiger partial charge in [-0.25, -0.2) is 19.6 Å². The van der Waals surface area contributed by atoms with Gasteiger partial charge in [-0.2, -0.15) is 0 Å². The Morgan fingerprint density at radius 1 is 0.806 bits per heavy atom. The van der Waals surface area contributed by atoms with Crippen molar-refractivity contribution < 1.29 is 28.7 Å². The summed E-state index contributed by atoms with van der Waals surface area (Å²) in [5, 5.41) is 5.56. The second kappa shape index (κ2) is 14.3. The Morgan fingerprint density at radius 3 is 1.90 bits per heavy atom. The smallest absolute Gasteiger partial charge is 0.407 e. The zero-order valence-electron chi connectivity index (χ0n) is 36.3. The van der Waals surface area contributed by atoms with Crippen molar-refractivity contribution in [1.82, 2.24) is 40.4 Å². The lowest BCUT2D eigenvalue weighted by molar-refractivity contribution is -0.145. The molecule has 62 heavy (non-hydrogen) atoms. The summed E-state index contributed by atoms with van der Waals surface area (Å²) in [6, 6.07) is 15.7. The quantitative estimate of drug-likeness (QED) is 0.0917. The molecule has 4 amide bonds. The van der Waals surface area contributed by atoms with Gasteiger partial charge in [0.25, 0.3) is 0 Å². The standard InChI is InChI=1S/C47H55IN8O6/c1-24-17-47-23-45(47,4)19-35(56(47)40(57)36(24)53-42(59)61-6)39-50-21-33(52-39)29-14-10-27(11-15-29)31-16-30(31)26-8-12-28(13-9-26)32-20-49-38(51-32)34-18-44(3)22-46(44,5)55(34)41(58)37(25(2)48)54-43(60)62-7/h8-15,20-21,24-25,30-31,34-37H,16-19,22-23H2,1-7H3,(H,49,51)(H,50,52)(H,53,59)(H,54,60)/t24?,25?,30-,31-,34-,35-,36-,37-,44-,45-,46+,47+/m0/s1. The van der Waals surface area contributed by atoms with E-state index < -0.39 is 24.3 Å². The lowest BCUT2D eigenvalue weighted by atomic mass is 9.84. The first-order chi connectivity index (χ1) is 29.5. The van der Waals surface area contributed by atoms with E-state index in [1.54, 1.807) is 0 Å². The summed E-state index contributed by atoms with van der Waals surface area (Å²) in [5.41, 5.74) is 6.04. The van der Waals surface area contributed by atoms with E-state index in [1.165, 1.54) is 25.3 Å². The molecule has 3 saturated heterocycles. The molecule has 14 nitrogen and oxygen atoms in total. The van der Waals surface area contributed by atoms with Crippen LogP contribution in [0.3, 0.4) is 0 Å². The maximum absolute atomic E-state index is 14.1. The number of piperidine rings is 3. The third-order valence-electron chi connectivity index (χ3n) is 16.0. The highest BCUT2D eigenvalue weighted by molar-refractivity contribution is 14.1. The molecule has 326 valence electrons. The van der Waals surface area contributed by atoms with Gasteiger partial charge in [-0.3, -0.25) is 9.59 Å². The van der Waals surface area contributed by atoms with Crippen molar-refractivity contribution in [2.24, 2.45) is 16.7 Å². The van der Waals surface area contributed by atoms with Crippen LogP contribution in [0.5, 0.6) is 0 Å². The molecule has 4 aromatic rings. The van der Waals surface area contributed by atoms with E-state index in [2.05, 4.69) is 112 Å². The summed E-state index contributed by atoms with van der Waals surface area (Å²) in [7, 11) is 2.63. The molecule has 3 aliphatic heterocycles. The van der Waals surface area contributed by atoms with Gasteiger partial charge in [-0.05, 0) is 96.3 Å². The molecule has 5 heterocycles. The zero-order chi connectivity index (χ0) is 43.7. The van der Waals surface area contributed by atoms with E-state index in [9.17, 15) is 19.2 Å². The number of carbonyl (C=O) groups excluding carboxylic acids is 4. The molecule has 6 aliphatic rings. The van der Waals surface area contributed by atoms with E-state index >= 15 is 0 Å². The van der Waals surface area contributed by atoms with E-state index in [0.29, 0.717) is 11.8 Å². The molecular weight excluding hydrogens is 899 g/mol. The SMILES string of the molecule is COC(=O)N[C@H](C(=O)N1[C@H](c2ncc(-c3ccc([C@@H]4C[C@H]4c4ccc(-c5cnc([C@@H]6C[C@@]7(C)C[C@]78CC(C)[C@H](NC(=O)OC)C(=O)N68)[nH]5)cc4)cc3)[nH]2)C[C@@]2(C)C[C@@]12C)C(C)I. The number of rotatable bonds is 10. The van der Waals surface area contributed by atoms with Crippen molar-refractivity contribution in [2.45, 2.75) is 124 Å². The van der Waals surface area contributed by atoms with Crippen molar-refractivity contribution >= 4 is 46.6 Å². The highest BCUT2D eigenvalue weighted by Gasteiger charge is 2.77. The summed E-state index contributed by atoms with van der Waals surface area (Å²) in [5.74, 6) is 2.27. The number of carbonyl (C=O) groups is 4. The lowest BCUT2D eigenvalue weighted by Crippen LogP contribution is -2.60. The number of hydrogen-bond donors (Lipinski definition) is 4. The first-order valence-corrected chi connectivity index (χ1v) is 23.1. The monoisotopic (exact) mass is 954 g/mol. The first kappa shape index (κ1) is 41.1. The van der Waals surface area contributed by atoms with E-state index in [1.807, 2.05) is 36.0 Å². The molecule has 0 radical (unpaired) electrons. The van der Waals surface area contributed by atoms with Gasteiger partial charge in [0, 0.05) is 9.46 Å². The molecule has 4 N–H and O–H groups in total. The second-order valence-corrected chi connectivity index (χ2v) is 21.7. The summed E-state index contributed by atoms with van der Waals surface area (Å²) in [4.78, 5) is 73.2. The molecule has 6 fully saturated rings. The molecule has 0 bridgehead atoms. The van der Waals surface area contributed by atoms with Crippen molar-refractivity contribution in [3.05, 3.63) is 83.7 Å². The van der Waals surface area contributed by atoms with Crippen LogP contribution in [0, 0.1) is 16.7 Å². The van der Waals surface area contributed by atoms with Crippen LogP contribution in [-0.2, 0) is 19.1 Å². The van der Waals surface area contributed by atoms with Gasteiger partial charge < -0.3 is 39.9 Å². The lowest BCUT2D eigenvalue weighted by Gasteiger charge is -2.44. The summed E-state index contributed by atoms with van der Waals surface area (Å²) in [6.07, 6.45) is 7.99. The van der Waals surface area contributed by atoms with Gasteiger partial charge in [0.2, 0.25) is 11.8 Å². The molecule has 3 saturated carbocycles. The molecule has 2 aromatic heterocycles. The number of alkyl carbamates (subject to hydrolysis) is 2. The number of nitrogens with zero attached hydrogens (tertiary/aromatic N) is 4. The predicted molar refractivity (Wildman–Crippen MR) is 239 cm³/mol. The number of benzene rings is 2. The summed E-state index contributed by atoms with van der Waals surface area (Å²) < 4.78 is 9.54. The van der Waals surface area contributed by atoms with E-state index in [0.717, 1.165) is 72.7 Å². The number of alkyl halides is 1. The van der Waals surface area contributed by atoms with Gasteiger partial charge in [-0.1, -0.05) is 98.8 Å². The van der Waals surface area contributed by atoms with Gasteiger partial charge in [-0.15, -0.1) is 0 Å². The Labute approximate surface area is 375 Å². The van der Waals surface area contributed by atoms with Crippen molar-refractivity contribution in [3.63, 3.8) is 0 Å². The van der Waals surface area contributed by atoms with Crippen LogP contribution in [0.15, 0.2) is 60.9 Å². The summed E-state index contributed by atoms with van der Waals surface area (Å²) >= 11 is 2.19. The Kier molecular flexibility index (Phi) is 9.48. The number of aromatic amines is 2. The minimum absolute atomic E-state index is 0.0125. The number of amides is 4. The largest absolute Gasteiger partial charge is 0.453 e. The number of fused-ring (bicyclic) bond motifs is 1. The molecule has 12 atom stereocenters. The van der Waals surface area contributed by atoms with E-state index in [-0.39, 0.29) is 55.6 Å². The number of halogens is 1. The number of H-pyrrole nitrogens is 2. The molecule has 15 heteroatoms. The maximum atomic E-state index is 14.1. The van der Waals surface area contributed by atoms with Gasteiger partial charge in [0.15, 0.2) is 0 Å². The predicted octanol–water partition coefficient (Wildman–Crippen LogP) is 7.91. The summed E-state index contributed by atoms with van der Waals surface area (Å²) in [6.45, 7) is 10.6. The van der Waals surface area contributed by atoms with Crippen LogP contribution >= 0.6 is 22.6 Å². The minimum Gasteiger partial charge on any atom is -0.453 e. The van der Waals surface area contributed by atoms with Crippen molar-refractivity contribution in [3.8, 4) is 22.5 Å². The Morgan fingerprint density at radius 2 is 1.35 bits per heavy atom. The molecule has 2 unspecified atom stereocenters. The number of nitrogens with one attached hydrogen (secondary N) is 4. The molecule has 3 aliphatic carbocycles. The fourth-order valence-corrected chi connectivity index (χ4v) is 12.6. The normalized spacial score (nSPS) is 34.7. The second-order valence-electron chi connectivity index (χ2n) is 19.8. The average Bonchev–Trinajstić information content (AvgIpc) is 4.02. The van der Waals surface area contributed by atoms with Crippen LogP contribution in [0.1, 0.15) is 120 Å². The van der Waals surface area contributed by atoms with Crippen LogP contribution in [-0.4, -0.2) is 95.0 Å². The number of imidazole rings is 2. The highest BCUT2D eigenvalue weighted by atomic mass is 127. The van der Waals surface area contributed by atoms with Crippen molar-refractivity contribution in [1.29, 1.82) is 0 Å². The van der Waals surface area contributed by atoms with Gasteiger partial charge >= 0.3 is 12.2 Å². The number of hydrogen-bond acceptors (Lipinski definition) is 8. The topological polar surface area (TPSA) is 175 Å². The average molecular weight is 955 g/mol. The molecular formula is C47H55IN8O6. The zero-order valence-corrected chi connectivity index (χ0v) is 38.4. The van der Waals surface area contributed by atoms with Crippen LogP contribution in [0.25, 0.3) is 22.5 Å². The number of ether oxygens (including phenoxy) is 2.